The molecular weight excluding hydrogens is 359 g/mol. The van der Waals surface area contributed by atoms with Gasteiger partial charge in [0.2, 0.25) is 5.91 Å². The largest absolute Gasteiger partial charge is 0.497 e. The maximum Gasteiger partial charge on any atom is 0.416 e. The van der Waals surface area contributed by atoms with E-state index < -0.39 is 11.7 Å². The molecular formula is C20H20F3NO3. The second-order valence-corrected chi connectivity index (χ2v) is 5.68. The lowest BCUT2D eigenvalue weighted by molar-refractivity contribution is -0.137. The van der Waals surface area contributed by atoms with Crippen LogP contribution in [0.25, 0.3) is 6.08 Å². The van der Waals surface area contributed by atoms with Gasteiger partial charge in [-0.25, -0.2) is 0 Å². The smallest absolute Gasteiger partial charge is 0.416 e. The van der Waals surface area contributed by atoms with Gasteiger partial charge in [-0.2, -0.15) is 13.2 Å². The van der Waals surface area contributed by atoms with E-state index in [9.17, 15) is 18.0 Å². The summed E-state index contributed by atoms with van der Waals surface area (Å²) in [6.45, 7) is 0.309. The third kappa shape index (κ3) is 6.06. The normalized spacial score (nSPS) is 11.4. The molecule has 0 saturated carbocycles. The molecule has 0 aliphatic heterocycles. The summed E-state index contributed by atoms with van der Waals surface area (Å²) in [4.78, 5) is 11.9. The van der Waals surface area contributed by atoms with E-state index in [2.05, 4.69) is 5.32 Å². The van der Waals surface area contributed by atoms with Gasteiger partial charge in [0.15, 0.2) is 0 Å². The number of halogens is 3. The van der Waals surface area contributed by atoms with Crippen molar-refractivity contribution in [1.82, 2.24) is 5.32 Å². The van der Waals surface area contributed by atoms with Crippen molar-refractivity contribution in [2.75, 3.05) is 20.8 Å². The molecule has 144 valence electrons. The van der Waals surface area contributed by atoms with Crippen molar-refractivity contribution in [2.24, 2.45) is 0 Å². The molecule has 2 aromatic rings. The number of carbonyl (C=O) groups excluding carboxylic acids is 1. The van der Waals surface area contributed by atoms with Crippen LogP contribution in [0.1, 0.15) is 16.7 Å². The third-order valence-electron chi connectivity index (χ3n) is 3.85. The molecule has 2 rings (SSSR count). The Balaban J connectivity index is 1.88. The number of hydrogen-bond acceptors (Lipinski definition) is 3. The Kier molecular flexibility index (Phi) is 6.87. The van der Waals surface area contributed by atoms with Gasteiger partial charge in [0.25, 0.3) is 0 Å². The van der Waals surface area contributed by atoms with Gasteiger partial charge in [-0.3, -0.25) is 4.79 Å². The standard InChI is InChI=1S/C20H20F3NO3/c1-26-17-8-9-18(27-2)15(13-17)5-10-19(25)24-12-11-14-3-6-16(7-4-14)20(21,22)23/h3-10,13H,11-12H2,1-2H3,(H,24,25)/b10-5+. The van der Waals surface area contributed by atoms with E-state index in [1.54, 1.807) is 31.4 Å². The van der Waals surface area contributed by atoms with Crippen molar-refractivity contribution in [3.63, 3.8) is 0 Å². The Bertz CT molecular complexity index is 799. The summed E-state index contributed by atoms with van der Waals surface area (Å²) in [7, 11) is 3.08. The Morgan fingerprint density at radius 3 is 2.37 bits per heavy atom. The van der Waals surface area contributed by atoms with Crippen molar-refractivity contribution in [1.29, 1.82) is 0 Å². The average molecular weight is 379 g/mol. The van der Waals surface area contributed by atoms with Crippen LogP contribution < -0.4 is 14.8 Å². The van der Waals surface area contributed by atoms with Gasteiger partial charge in [-0.15, -0.1) is 0 Å². The number of nitrogens with one attached hydrogen (secondary N) is 1. The summed E-state index contributed by atoms with van der Waals surface area (Å²) < 4.78 is 47.9. The van der Waals surface area contributed by atoms with Gasteiger partial charge in [-0.05, 0) is 48.4 Å². The summed E-state index contributed by atoms with van der Waals surface area (Å²) in [6, 6.07) is 10.1. The van der Waals surface area contributed by atoms with Gasteiger partial charge in [0, 0.05) is 18.2 Å². The second-order valence-electron chi connectivity index (χ2n) is 5.68. The SMILES string of the molecule is COc1ccc(OC)c(/C=C/C(=O)NCCc2ccc(C(F)(F)F)cc2)c1. The van der Waals surface area contributed by atoms with Crippen LogP contribution in [0.5, 0.6) is 11.5 Å². The van der Waals surface area contributed by atoms with Gasteiger partial charge in [-0.1, -0.05) is 12.1 Å². The van der Waals surface area contributed by atoms with Crippen molar-refractivity contribution in [3.05, 3.63) is 65.2 Å². The maximum absolute atomic E-state index is 12.5. The molecule has 0 unspecified atom stereocenters. The van der Waals surface area contributed by atoms with Gasteiger partial charge < -0.3 is 14.8 Å². The number of ether oxygens (including phenoxy) is 2. The molecule has 1 amide bonds. The fourth-order valence-electron chi connectivity index (χ4n) is 2.38. The first-order valence-electron chi connectivity index (χ1n) is 8.17. The minimum atomic E-state index is -4.35. The lowest BCUT2D eigenvalue weighted by Gasteiger charge is -2.08. The predicted octanol–water partition coefficient (Wildman–Crippen LogP) is 4.09. The highest BCUT2D eigenvalue weighted by atomic mass is 19.4. The number of amides is 1. The van der Waals surface area contributed by atoms with Crippen LogP contribution in [0.2, 0.25) is 0 Å². The van der Waals surface area contributed by atoms with E-state index in [0.29, 0.717) is 35.6 Å². The summed E-state index contributed by atoms with van der Waals surface area (Å²) in [5, 5.41) is 2.69. The molecule has 2 aromatic carbocycles. The molecule has 0 bridgehead atoms. The first-order valence-corrected chi connectivity index (χ1v) is 8.17. The number of methoxy groups -OCH3 is 2. The molecule has 0 radical (unpaired) electrons. The maximum atomic E-state index is 12.5. The van der Waals surface area contributed by atoms with Gasteiger partial charge in [0.05, 0.1) is 19.8 Å². The van der Waals surface area contributed by atoms with Crippen molar-refractivity contribution in [2.45, 2.75) is 12.6 Å². The zero-order valence-electron chi connectivity index (χ0n) is 15.0. The van der Waals surface area contributed by atoms with Crippen LogP contribution in [-0.2, 0) is 17.4 Å². The van der Waals surface area contributed by atoms with Crippen LogP contribution >= 0.6 is 0 Å². The summed E-state index contributed by atoms with van der Waals surface area (Å²) >= 11 is 0. The molecule has 0 aromatic heterocycles. The number of benzene rings is 2. The van der Waals surface area contributed by atoms with Crippen molar-refractivity contribution >= 4 is 12.0 Å². The van der Waals surface area contributed by atoms with E-state index in [-0.39, 0.29) is 5.91 Å². The number of hydrogen-bond donors (Lipinski definition) is 1. The second kappa shape index (κ2) is 9.12. The quantitative estimate of drug-likeness (QED) is 0.737. The van der Waals surface area contributed by atoms with E-state index in [0.717, 1.165) is 12.1 Å². The molecule has 0 saturated heterocycles. The van der Waals surface area contributed by atoms with Crippen LogP contribution in [-0.4, -0.2) is 26.7 Å². The first kappa shape index (κ1) is 20.4. The van der Waals surface area contributed by atoms with Crippen molar-refractivity contribution < 1.29 is 27.4 Å². The fraction of sp³-hybridized carbons (Fsp3) is 0.250. The summed E-state index contributed by atoms with van der Waals surface area (Å²) in [5.74, 6) is 0.926. The lowest BCUT2D eigenvalue weighted by atomic mass is 10.1. The minimum Gasteiger partial charge on any atom is -0.497 e. The van der Waals surface area contributed by atoms with Crippen LogP contribution in [0.4, 0.5) is 13.2 Å². The molecule has 4 nitrogen and oxygen atoms in total. The van der Waals surface area contributed by atoms with Crippen molar-refractivity contribution in [3.8, 4) is 11.5 Å². The fourth-order valence-corrected chi connectivity index (χ4v) is 2.38. The van der Waals surface area contributed by atoms with E-state index in [1.165, 1.54) is 25.3 Å². The van der Waals surface area contributed by atoms with E-state index in [4.69, 9.17) is 9.47 Å². The Hall–Kier alpha value is -2.96. The minimum absolute atomic E-state index is 0.309. The van der Waals surface area contributed by atoms with Crippen LogP contribution in [0, 0.1) is 0 Å². The topological polar surface area (TPSA) is 47.6 Å². The van der Waals surface area contributed by atoms with Gasteiger partial charge in [0.1, 0.15) is 11.5 Å². The zero-order valence-corrected chi connectivity index (χ0v) is 15.0. The highest BCUT2D eigenvalue weighted by Gasteiger charge is 2.29. The average Bonchev–Trinajstić information content (AvgIpc) is 2.65. The molecule has 27 heavy (non-hydrogen) atoms. The van der Waals surface area contributed by atoms with Gasteiger partial charge >= 0.3 is 6.18 Å². The van der Waals surface area contributed by atoms with E-state index >= 15 is 0 Å². The Labute approximate surface area is 155 Å². The predicted molar refractivity (Wildman–Crippen MR) is 96.7 cm³/mol. The number of alkyl halides is 3. The van der Waals surface area contributed by atoms with Crippen LogP contribution in [0.15, 0.2) is 48.5 Å². The highest BCUT2D eigenvalue weighted by Crippen LogP contribution is 2.29. The highest BCUT2D eigenvalue weighted by molar-refractivity contribution is 5.92. The Morgan fingerprint density at radius 2 is 1.78 bits per heavy atom. The molecule has 1 N–H and O–H groups in total. The lowest BCUT2D eigenvalue weighted by Crippen LogP contribution is -2.23. The molecule has 0 heterocycles. The number of carbonyl (C=O) groups is 1. The van der Waals surface area contributed by atoms with Crippen LogP contribution in [0.3, 0.4) is 0 Å². The Morgan fingerprint density at radius 1 is 1.07 bits per heavy atom. The molecule has 7 heteroatoms. The molecule has 0 aliphatic rings. The monoisotopic (exact) mass is 379 g/mol. The van der Waals surface area contributed by atoms with E-state index in [1.807, 2.05) is 0 Å². The third-order valence-corrected chi connectivity index (χ3v) is 3.85. The molecule has 0 atom stereocenters. The molecule has 0 spiro atoms. The summed E-state index contributed by atoms with van der Waals surface area (Å²) in [6.07, 6.45) is -0.947. The summed E-state index contributed by atoms with van der Waals surface area (Å²) in [5.41, 5.74) is 0.710. The molecule has 0 fully saturated rings. The molecule has 0 aliphatic carbocycles. The number of rotatable bonds is 7. The first-order chi connectivity index (χ1) is 12.8. The zero-order chi connectivity index (χ0) is 19.9.